The first kappa shape index (κ1) is 17.1. The van der Waals surface area contributed by atoms with Crippen LogP contribution in [-0.4, -0.2) is 18.4 Å². The standard InChI is InChI=1S/C16H13Cl2NO4/c1-2-22-16(21)14-6-4-10(23-14)3-5-13(20)9-7-11(17)15(19)12(18)8-9/h3-8H,2,19H2,1H3/b5-3+. The Kier molecular flexibility index (Phi) is 5.47. The molecule has 0 aliphatic rings. The van der Waals surface area contributed by atoms with E-state index in [1.807, 2.05) is 0 Å². The maximum Gasteiger partial charge on any atom is 0.374 e. The second-order valence-electron chi connectivity index (χ2n) is 4.47. The molecule has 0 unspecified atom stereocenters. The number of carbonyl (C=O) groups excluding carboxylic acids is 2. The van der Waals surface area contributed by atoms with Crippen LogP contribution in [-0.2, 0) is 4.74 Å². The number of ether oxygens (including phenoxy) is 1. The van der Waals surface area contributed by atoms with Gasteiger partial charge in [-0.25, -0.2) is 4.79 Å². The summed E-state index contributed by atoms with van der Waals surface area (Å²) in [6.45, 7) is 1.95. The number of benzene rings is 1. The van der Waals surface area contributed by atoms with E-state index in [9.17, 15) is 9.59 Å². The van der Waals surface area contributed by atoms with Gasteiger partial charge in [0.15, 0.2) is 5.78 Å². The number of allylic oxidation sites excluding steroid dienone is 1. The zero-order valence-electron chi connectivity index (χ0n) is 12.1. The summed E-state index contributed by atoms with van der Waals surface area (Å²) in [6.07, 6.45) is 2.72. The first-order valence-corrected chi connectivity index (χ1v) is 7.42. The molecule has 0 saturated carbocycles. The van der Waals surface area contributed by atoms with Crippen molar-refractivity contribution in [3.8, 4) is 0 Å². The molecule has 0 fully saturated rings. The van der Waals surface area contributed by atoms with Crippen molar-refractivity contribution < 1.29 is 18.7 Å². The number of nitrogen functional groups attached to an aromatic ring is 1. The summed E-state index contributed by atoms with van der Waals surface area (Å²) in [7, 11) is 0. The number of anilines is 1. The minimum atomic E-state index is -0.560. The van der Waals surface area contributed by atoms with Gasteiger partial charge in [-0.1, -0.05) is 23.2 Å². The largest absolute Gasteiger partial charge is 0.460 e. The maximum absolute atomic E-state index is 12.1. The highest BCUT2D eigenvalue weighted by Crippen LogP contribution is 2.29. The molecule has 2 rings (SSSR count). The smallest absolute Gasteiger partial charge is 0.374 e. The van der Waals surface area contributed by atoms with Gasteiger partial charge >= 0.3 is 5.97 Å². The predicted octanol–water partition coefficient (Wildman–Crippen LogP) is 4.24. The van der Waals surface area contributed by atoms with Crippen LogP contribution in [0.15, 0.2) is 34.8 Å². The summed E-state index contributed by atoms with van der Waals surface area (Å²) in [5.41, 5.74) is 6.13. The van der Waals surface area contributed by atoms with Crippen molar-refractivity contribution in [3.05, 3.63) is 57.5 Å². The molecule has 23 heavy (non-hydrogen) atoms. The van der Waals surface area contributed by atoms with Crippen molar-refractivity contribution in [2.24, 2.45) is 0 Å². The van der Waals surface area contributed by atoms with E-state index in [1.54, 1.807) is 13.0 Å². The molecule has 1 aromatic heterocycles. The van der Waals surface area contributed by atoms with Crippen LogP contribution in [0.1, 0.15) is 33.6 Å². The number of ketones is 1. The summed E-state index contributed by atoms with van der Waals surface area (Å²) >= 11 is 11.8. The number of hydrogen-bond donors (Lipinski definition) is 1. The van der Waals surface area contributed by atoms with E-state index in [1.165, 1.54) is 30.4 Å². The Hall–Kier alpha value is -2.24. The summed E-state index contributed by atoms with van der Waals surface area (Å²) in [5, 5.41) is 0.411. The van der Waals surface area contributed by atoms with Crippen molar-refractivity contribution >= 4 is 46.7 Å². The number of halogens is 2. The molecule has 2 N–H and O–H groups in total. The lowest BCUT2D eigenvalue weighted by Crippen LogP contribution is -2.02. The fraction of sp³-hybridized carbons (Fsp3) is 0.125. The Morgan fingerprint density at radius 1 is 1.26 bits per heavy atom. The third kappa shape index (κ3) is 4.15. The molecule has 0 amide bonds. The van der Waals surface area contributed by atoms with Crippen molar-refractivity contribution in [1.82, 2.24) is 0 Å². The Balaban J connectivity index is 2.14. The Morgan fingerprint density at radius 3 is 2.52 bits per heavy atom. The molecule has 120 valence electrons. The lowest BCUT2D eigenvalue weighted by molar-refractivity contribution is 0.0489. The molecule has 1 heterocycles. The molecule has 2 aromatic rings. The molecular formula is C16H13Cl2NO4. The van der Waals surface area contributed by atoms with Crippen molar-refractivity contribution in [1.29, 1.82) is 0 Å². The van der Waals surface area contributed by atoms with E-state index >= 15 is 0 Å². The third-order valence-electron chi connectivity index (χ3n) is 2.87. The molecule has 0 spiro atoms. The SMILES string of the molecule is CCOC(=O)c1ccc(/C=C/C(=O)c2cc(Cl)c(N)c(Cl)c2)o1. The minimum Gasteiger partial charge on any atom is -0.460 e. The Morgan fingerprint density at radius 2 is 1.91 bits per heavy atom. The highest BCUT2D eigenvalue weighted by atomic mass is 35.5. The summed E-state index contributed by atoms with van der Waals surface area (Å²) in [5.74, 6) is -0.481. The van der Waals surface area contributed by atoms with E-state index in [4.69, 9.17) is 38.1 Å². The van der Waals surface area contributed by atoms with Crippen molar-refractivity contribution in [3.63, 3.8) is 0 Å². The van der Waals surface area contributed by atoms with Gasteiger partial charge in [-0.15, -0.1) is 0 Å². The fourth-order valence-corrected chi connectivity index (χ4v) is 2.22. The molecule has 0 radical (unpaired) electrons. The highest BCUT2D eigenvalue weighted by Gasteiger charge is 2.12. The minimum absolute atomic E-state index is 0.0672. The first-order chi connectivity index (χ1) is 10.9. The summed E-state index contributed by atoms with van der Waals surface area (Å²) in [4.78, 5) is 23.6. The zero-order chi connectivity index (χ0) is 17.0. The van der Waals surface area contributed by atoms with Gasteiger partial charge in [-0.3, -0.25) is 4.79 Å². The van der Waals surface area contributed by atoms with Crippen LogP contribution in [0, 0.1) is 0 Å². The fourth-order valence-electron chi connectivity index (χ4n) is 1.73. The number of rotatable bonds is 5. The van der Waals surface area contributed by atoms with E-state index in [0.29, 0.717) is 11.3 Å². The first-order valence-electron chi connectivity index (χ1n) is 6.66. The number of esters is 1. The third-order valence-corrected chi connectivity index (χ3v) is 3.49. The molecule has 7 heteroatoms. The van der Waals surface area contributed by atoms with Gasteiger partial charge in [0, 0.05) is 5.56 Å². The van der Waals surface area contributed by atoms with Crippen molar-refractivity contribution in [2.75, 3.05) is 12.3 Å². The Labute approximate surface area is 142 Å². The Bertz CT molecular complexity index is 757. The second kappa shape index (κ2) is 7.35. The normalized spacial score (nSPS) is 10.9. The molecule has 0 aliphatic heterocycles. The summed E-state index contributed by atoms with van der Waals surface area (Å²) in [6, 6.07) is 5.89. The molecule has 0 atom stereocenters. The number of nitrogens with two attached hydrogens (primary N) is 1. The van der Waals surface area contributed by atoms with Crippen LogP contribution >= 0.6 is 23.2 Å². The monoisotopic (exact) mass is 353 g/mol. The average molecular weight is 354 g/mol. The van der Waals surface area contributed by atoms with Crippen LogP contribution in [0.5, 0.6) is 0 Å². The maximum atomic E-state index is 12.1. The predicted molar refractivity (Wildman–Crippen MR) is 88.9 cm³/mol. The van der Waals surface area contributed by atoms with Gasteiger partial charge in [0.1, 0.15) is 5.76 Å². The lowest BCUT2D eigenvalue weighted by Gasteiger charge is -2.03. The lowest BCUT2D eigenvalue weighted by atomic mass is 10.1. The van der Waals surface area contributed by atoms with Crippen LogP contribution < -0.4 is 5.73 Å². The number of furan rings is 1. The molecular weight excluding hydrogens is 341 g/mol. The van der Waals surface area contributed by atoms with E-state index < -0.39 is 5.97 Å². The highest BCUT2D eigenvalue weighted by molar-refractivity contribution is 6.39. The van der Waals surface area contributed by atoms with Crippen LogP contribution in [0.25, 0.3) is 6.08 Å². The van der Waals surface area contributed by atoms with Gasteiger partial charge in [-0.2, -0.15) is 0 Å². The zero-order valence-corrected chi connectivity index (χ0v) is 13.6. The molecule has 0 saturated heterocycles. The van der Waals surface area contributed by atoms with Gasteiger partial charge in [-0.05, 0) is 43.3 Å². The quantitative estimate of drug-likeness (QED) is 0.376. The van der Waals surface area contributed by atoms with E-state index in [0.717, 1.165) is 0 Å². The van der Waals surface area contributed by atoms with Gasteiger partial charge in [0.05, 0.1) is 22.3 Å². The van der Waals surface area contributed by atoms with Crippen molar-refractivity contribution in [2.45, 2.75) is 6.92 Å². The molecule has 0 aliphatic carbocycles. The van der Waals surface area contributed by atoms with Gasteiger partial charge < -0.3 is 14.9 Å². The van der Waals surface area contributed by atoms with Gasteiger partial charge in [0.2, 0.25) is 5.76 Å². The van der Waals surface area contributed by atoms with Gasteiger partial charge in [0.25, 0.3) is 0 Å². The molecule has 0 bridgehead atoms. The van der Waals surface area contributed by atoms with E-state index in [2.05, 4.69) is 0 Å². The topological polar surface area (TPSA) is 82.5 Å². The number of carbonyl (C=O) groups is 2. The summed E-state index contributed by atoms with van der Waals surface area (Å²) < 4.78 is 10.1. The average Bonchev–Trinajstić information content (AvgIpc) is 2.99. The number of hydrogen-bond acceptors (Lipinski definition) is 5. The van der Waals surface area contributed by atoms with Crippen LogP contribution in [0.2, 0.25) is 10.0 Å². The van der Waals surface area contributed by atoms with Crippen LogP contribution in [0.4, 0.5) is 5.69 Å². The van der Waals surface area contributed by atoms with Crippen LogP contribution in [0.3, 0.4) is 0 Å². The molecule has 1 aromatic carbocycles. The second-order valence-corrected chi connectivity index (χ2v) is 5.29. The van der Waals surface area contributed by atoms with E-state index in [-0.39, 0.29) is 33.9 Å². The molecule has 5 nitrogen and oxygen atoms in total.